The normalized spacial score (nSPS) is 11.5. The van der Waals surface area contributed by atoms with Gasteiger partial charge in [0.1, 0.15) is 11.2 Å². The molecular weight excluding hydrogens is 627 g/mol. The molecular formula is C45H23N5O. The molecule has 6 heteroatoms. The Kier molecular flexibility index (Phi) is 5.97. The lowest BCUT2D eigenvalue weighted by atomic mass is 9.95. The fraction of sp³-hybridized carbons (Fsp3) is 0. The summed E-state index contributed by atoms with van der Waals surface area (Å²) in [5.41, 5.74) is 9.05. The van der Waals surface area contributed by atoms with Gasteiger partial charge < -0.3 is 13.6 Å². The minimum Gasteiger partial charge on any atom is -0.456 e. The highest BCUT2D eigenvalue weighted by Gasteiger charge is 2.23. The number of furan rings is 1. The Morgan fingerprint density at radius 1 is 0.510 bits per heavy atom. The van der Waals surface area contributed by atoms with Crippen molar-refractivity contribution in [2.45, 2.75) is 0 Å². The summed E-state index contributed by atoms with van der Waals surface area (Å²) in [6.07, 6.45) is 0. The second-order valence-electron chi connectivity index (χ2n) is 12.6. The molecule has 3 aromatic heterocycles. The molecule has 234 valence electrons. The number of fused-ring (bicyclic) bond motifs is 10. The molecule has 0 N–H and O–H groups in total. The van der Waals surface area contributed by atoms with E-state index in [1.165, 1.54) is 0 Å². The quantitative estimate of drug-likeness (QED) is 0.179. The van der Waals surface area contributed by atoms with Crippen LogP contribution in [0, 0.1) is 29.2 Å². The summed E-state index contributed by atoms with van der Waals surface area (Å²) in [7, 11) is 0. The van der Waals surface area contributed by atoms with Crippen LogP contribution in [0.15, 0.2) is 144 Å². The van der Waals surface area contributed by atoms with Crippen LogP contribution in [0.2, 0.25) is 0 Å². The summed E-state index contributed by atoms with van der Waals surface area (Å²) in [4.78, 5) is 3.90. The van der Waals surface area contributed by atoms with Crippen LogP contribution >= 0.6 is 0 Å². The number of benzene rings is 7. The predicted molar refractivity (Wildman–Crippen MR) is 204 cm³/mol. The third-order valence-corrected chi connectivity index (χ3v) is 10.0. The smallest absolute Gasteiger partial charge is 0.212 e. The maximum atomic E-state index is 10.5. The molecule has 0 saturated heterocycles. The van der Waals surface area contributed by atoms with Crippen molar-refractivity contribution in [3.8, 4) is 34.6 Å². The molecule has 0 aliphatic carbocycles. The van der Waals surface area contributed by atoms with E-state index >= 15 is 0 Å². The Bertz CT molecular complexity index is 3190. The molecule has 0 amide bonds. The second-order valence-corrected chi connectivity index (χ2v) is 12.6. The van der Waals surface area contributed by atoms with E-state index in [1.807, 2.05) is 84.9 Å². The lowest BCUT2D eigenvalue weighted by Gasteiger charge is -2.16. The largest absolute Gasteiger partial charge is 0.456 e. The maximum absolute atomic E-state index is 10.5. The monoisotopic (exact) mass is 649 g/mol. The van der Waals surface area contributed by atoms with Crippen LogP contribution in [0.3, 0.4) is 0 Å². The van der Waals surface area contributed by atoms with Crippen molar-refractivity contribution in [1.82, 2.24) is 9.13 Å². The van der Waals surface area contributed by atoms with Gasteiger partial charge in [0.2, 0.25) is 5.69 Å². The van der Waals surface area contributed by atoms with Crippen molar-refractivity contribution in [3.63, 3.8) is 0 Å². The van der Waals surface area contributed by atoms with E-state index in [-0.39, 0.29) is 11.3 Å². The van der Waals surface area contributed by atoms with E-state index in [0.717, 1.165) is 71.2 Å². The Hall–Kier alpha value is -7.59. The summed E-state index contributed by atoms with van der Waals surface area (Å²) in [6.45, 7) is 8.27. The summed E-state index contributed by atoms with van der Waals surface area (Å²) in [5, 5.41) is 27.3. The fourth-order valence-electron chi connectivity index (χ4n) is 7.88. The van der Waals surface area contributed by atoms with Crippen LogP contribution in [0.4, 0.5) is 5.69 Å². The van der Waals surface area contributed by atoms with Gasteiger partial charge >= 0.3 is 0 Å². The van der Waals surface area contributed by atoms with Crippen molar-refractivity contribution >= 4 is 71.2 Å². The van der Waals surface area contributed by atoms with Gasteiger partial charge in [0.05, 0.1) is 57.3 Å². The van der Waals surface area contributed by atoms with Crippen molar-refractivity contribution < 1.29 is 4.42 Å². The molecule has 0 aliphatic rings. The standard InChI is InChI=1S/C45H23N5O/c1-48-44-28(26-47)22-30(50-40-16-8-4-12-33(40)34-20-21-42-43(45(34)50)35-13-5-9-17-41(35)51-42)24-37(44)36-23-29(19-18-27(36)25-46)49-38-14-6-2-10-31(38)32-11-3-7-15-39(32)49/h2-24H. The summed E-state index contributed by atoms with van der Waals surface area (Å²) < 4.78 is 10.7. The van der Waals surface area contributed by atoms with Crippen LogP contribution in [-0.4, -0.2) is 9.13 Å². The van der Waals surface area contributed by atoms with E-state index in [2.05, 4.69) is 74.6 Å². The third kappa shape index (κ3) is 3.95. The van der Waals surface area contributed by atoms with Crippen molar-refractivity contribution in [3.05, 3.63) is 162 Å². The van der Waals surface area contributed by atoms with Crippen LogP contribution in [0.5, 0.6) is 0 Å². The Morgan fingerprint density at radius 3 is 1.76 bits per heavy atom. The van der Waals surface area contributed by atoms with E-state index in [4.69, 9.17) is 11.0 Å². The minimum absolute atomic E-state index is 0.205. The third-order valence-electron chi connectivity index (χ3n) is 10.0. The average Bonchev–Trinajstić information content (AvgIpc) is 3.85. The molecule has 0 radical (unpaired) electrons. The zero-order valence-corrected chi connectivity index (χ0v) is 26.9. The number of rotatable bonds is 3. The summed E-state index contributed by atoms with van der Waals surface area (Å²) in [6, 6.07) is 51.0. The first-order valence-corrected chi connectivity index (χ1v) is 16.5. The molecule has 6 nitrogen and oxygen atoms in total. The molecule has 0 aliphatic heterocycles. The van der Waals surface area contributed by atoms with Gasteiger partial charge in [0.15, 0.2) is 0 Å². The lowest BCUT2D eigenvalue weighted by molar-refractivity contribution is 0.669. The molecule has 0 fully saturated rings. The van der Waals surface area contributed by atoms with E-state index in [0.29, 0.717) is 22.4 Å². The fourth-order valence-corrected chi connectivity index (χ4v) is 7.88. The minimum atomic E-state index is 0.205. The molecule has 0 bridgehead atoms. The van der Waals surface area contributed by atoms with Gasteiger partial charge in [-0.25, -0.2) is 4.85 Å². The van der Waals surface area contributed by atoms with Crippen molar-refractivity contribution in [1.29, 1.82) is 10.5 Å². The van der Waals surface area contributed by atoms with Crippen molar-refractivity contribution in [2.75, 3.05) is 0 Å². The number of nitriles is 2. The highest BCUT2D eigenvalue weighted by molar-refractivity contribution is 6.24. The average molecular weight is 650 g/mol. The second kappa shape index (κ2) is 10.7. The topological polar surface area (TPSA) is 74.9 Å². The molecule has 0 spiro atoms. The Morgan fingerprint density at radius 2 is 1.10 bits per heavy atom. The number of aromatic nitrogens is 2. The van der Waals surface area contributed by atoms with E-state index in [9.17, 15) is 10.5 Å². The molecule has 0 atom stereocenters. The highest BCUT2D eigenvalue weighted by atomic mass is 16.3. The van der Waals surface area contributed by atoms with Gasteiger partial charge in [-0.1, -0.05) is 72.8 Å². The van der Waals surface area contributed by atoms with Crippen LogP contribution in [-0.2, 0) is 0 Å². The molecule has 10 rings (SSSR count). The summed E-state index contributed by atoms with van der Waals surface area (Å²) >= 11 is 0. The zero-order chi connectivity index (χ0) is 34.2. The Balaban J connectivity index is 1.31. The predicted octanol–water partition coefficient (Wildman–Crippen LogP) is 11.7. The molecule has 51 heavy (non-hydrogen) atoms. The molecule has 10 aromatic rings. The molecule has 3 heterocycles. The maximum Gasteiger partial charge on any atom is 0.212 e. The summed E-state index contributed by atoms with van der Waals surface area (Å²) in [5.74, 6) is 0. The number of para-hydroxylation sites is 4. The van der Waals surface area contributed by atoms with E-state index in [1.54, 1.807) is 6.07 Å². The highest BCUT2D eigenvalue weighted by Crippen LogP contribution is 2.44. The van der Waals surface area contributed by atoms with Crippen LogP contribution < -0.4 is 0 Å². The van der Waals surface area contributed by atoms with Gasteiger partial charge in [0.25, 0.3) is 0 Å². The molecule has 7 aromatic carbocycles. The number of hydrogen-bond acceptors (Lipinski definition) is 3. The lowest BCUT2D eigenvalue weighted by Crippen LogP contribution is -1.99. The van der Waals surface area contributed by atoms with Gasteiger partial charge in [0, 0.05) is 38.3 Å². The first kappa shape index (κ1) is 28.4. The molecule has 0 unspecified atom stereocenters. The zero-order valence-electron chi connectivity index (χ0n) is 26.9. The Labute approximate surface area is 291 Å². The van der Waals surface area contributed by atoms with Gasteiger partial charge in [-0.3, -0.25) is 0 Å². The van der Waals surface area contributed by atoms with Gasteiger partial charge in [-0.15, -0.1) is 0 Å². The number of nitrogens with zero attached hydrogens (tertiary/aromatic N) is 5. The first-order chi connectivity index (χ1) is 25.2. The molecule has 0 saturated carbocycles. The van der Waals surface area contributed by atoms with Gasteiger partial charge in [-0.05, 0) is 77.9 Å². The van der Waals surface area contributed by atoms with E-state index < -0.39 is 0 Å². The first-order valence-electron chi connectivity index (χ1n) is 16.5. The SMILES string of the molecule is [C-]#[N+]c1c(C#N)cc(-n2c3ccccc3c3ccc4oc5ccccc5c4c32)cc1-c1cc(-n2c3ccccc3c3ccccc32)ccc1C#N. The van der Waals surface area contributed by atoms with Crippen LogP contribution in [0.25, 0.3) is 92.9 Å². The number of hydrogen-bond donors (Lipinski definition) is 0. The van der Waals surface area contributed by atoms with Gasteiger partial charge in [-0.2, -0.15) is 10.5 Å². The van der Waals surface area contributed by atoms with Crippen molar-refractivity contribution in [2.24, 2.45) is 0 Å². The van der Waals surface area contributed by atoms with Crippen LogP contribution in [0.1, 0.15) is 11.1 Å².